The molecule has 0 bridgehead atoms. The van der Waals surface area contributed by atoms with Crippen molar-refractivity contribution in [3.05, 3.63) is 53.0 Å². The molecule has 2 rings (SSSR count). The lowest BCUT2D eigenvalue weighted by Gasteiger charge is -2.14. The van der Waals surface area contributed by atoms with Gasteiger partial charge in [-0.15, -0.1) is 0 Å². The molecule has 1 aromatic heterocycles. The summed E-state index contributed by atoms with van der Waals surface area (Å²) in [6.45, 7) is 5.29. The molecule has 0 aliphatic rings. The number of benzene rings is 1. The van der Waals surface area contributed by atoms with E-state index in [9.17, 15) is 9.59 Å². The van der Waals surface area contributed by atoms with E-state index in [-0.39, 0.29) is 18.0 Å². The van der Waals surface area contributed by atoms with E-state index < -0.39 is 12.1 Å². The van der Waals surface area contributed by atoms with E-state index in [1.165, 1.54) is 6.07 Å². The first-order chi connectivity index (χ1) is 10.9. The van der Waals surface area contributed by atoms with Gasteiger partial charge in [-0.25, -0.2) is 4.79 Å². The second-order valence-electron chi connectivity index (χ2n) is 5.28. The second kappa shape index (κ2) is 7.00. The molecule has 6 nitrogen and oxygen atoms in total. The summed E-state index contributed by atoms with van der Waals surface area (Å²) in [5.74, 6) is -0.0573. The van der Waals surface area contributed by atoms with Crippen molar-refractivity contribution in [2.75, 3.05) is 0 Å². The lowest BCUT2D eigenvalue weighted by molar-refractivity contribution is -0.127. The van der Waals surface area contributed by atoms with Gasteiger partial charge in [-0.3, -0.25) is 4.79 Å². The first-order valence-corrected chi connectivity index (χ1v) is 7.20. The van der Waals surface area contributed by atoms with Crippen molar-refractivity contribution < 1.29 is 23.8 Å². The molecule has 0 radical (unpaired) electrons. The fraction of sp³-hybridized carbons (Fsp3) is 0.294. The fourth-order valence-corrected chi connectivity index (χ4v) is 2.04. The normalized spacial score (nSPS) is 11.8. The van der Waals surface area contributed by atoms with Crippen molar-refractivity contribution in [1.82, 2.24) is 5.32 Å². The van der Waals surface area contributed by atoms with Gasteiger partial charge in [0.05, 0.1) is 6.54 Å². The van der Waals surface area contributed by atoms with Gasteiger partial charge in [0.2, 0.25) is 0 Å². The molecule has 0 saturated carbocycles. The van der Waals surface area contributed by atoms with Gasteiger partial charge in [-0.05, 0) is 39.0 Å². The third-order valence-corrected chi connectivity index (χ3v) is 3.34. The van der Waals surface area contributed by atoms with Gasteiger partial charge in [0.15, 0.2) is 6.10 Å². The number of rotatable bonds is 6. The van der Waals surface area contributed by atoms with Gasteiger partial charge in [-0.1, -0.05) is 17.7 Å². The zero-order valence-corrected chi connectivity index (χ0v) is 13.3. The average Bonchev–Trinajstić information content (AvgIpc) is 2.88. The van der Waals surface area contributed by atoms with E-state index in [2.05, 4.69) is 5.32 Å². The maximum Gasteiger partial charge on any atom is 0.339 e. The molecule has 122 valence electrons. The Morgan fingerprint density at radius 2 is 1.91 bits per heavy atom. The van der Waals surface area contributed by atoms with Gasteiger partial charge in [0.25, 0.3) is 5.91 Å². The highest BCUT2D eigenvalue weighted by Gasteiger charge is 2.17. The molecule has 1 atom stereocenters. The summed E-state index contributed by atoms with van der Waals surface area (Å²) in [5, 5.41) is 11.6. The minimum atomic E-state index is -1.06. The zero-order chi connectivity index (χ0) is 17.0. The Balaban J connectivity index is 1.90. The summed E-state index contributed by atoms with van der Waals surface area (Å²) in [6, 6.07) is 8.81. The number of aryl methyl sites for hydroxylation is 2. The quantitative estimate of drug-likeness (QED) is 0.855. The molecule has 1 unspecified atom stereocenters. The van der Waals surface area contributed by atoms with Crippen LogP contribution in [-0.4, -0.2) is 23.1 Å². The number of carbonyl (C=O) groups is 2. The number of hydrogen-bond acceptors (Lipinski definition) is 4. The predicted octanol–water partition coefficient (Wildman–Crippen LogP) is 2.68. The van der Waals surface area contributed by atoms with Crippen molar-refractivity contribution in [3.63, 3.8) is 0 Å². The molecule has 0 spiro atoms. The summed E-state index contributed by atoms with van der Waals surface area (Å²) in [7, 11) is 0. The minimum Gasteiger partial charge on any atom is -0.481 e. The van der Waals surface area contributed by atoms with Crippen LogP contribution in [0.4, 0.5) is 0 Å². The van der Waals surface area contributed by atoms with Gasteiger partial charge in [-0.2, -0.15) is 0 Å². The lowest BCUT2D eigenvalue weighted by atomic mass is 10.2. The molecule has 2 N–H and O–H groups in total. The molecular formula is C17H19NO5. The van der Waals surface area contributed by atoms with Crippen LogP contribution in [0.15, 0.2) is 34.7 Å². The van der Waals surface area contributed by atoms with Gasteiger partial charge >= 0.3 is 5.97 Å². The first kappa shape index (κ1) is 16.6. The molecule has 1 heterocycles. The van der Waals surface area contributed by atoms with E-state index in [0.717, 1.165) is 5.56 Å². The van der Waals surface area contributed by atoms with Crippen LogP contribution in [0.5, 0.6) is 5.75 Å². The van der Waals surface area contributed by atoms with Crippen molar-refractivity contribution in [2.24, 2.45) is 0 Å². The Bertz CT molecular complexity index is 702. The monoisotopic (exact) mass is 317 g/mol. The predicted molar refractivity (Wildman–Crippen MR) is 83.5 cm³/mol. The maximum atomic E-state index is 12.0. The molecule has 23 heavy (non-hydrogen) atoms. The molecule has 1 aromatic carbocycles. The number of carboxylic acids is 1. The van der Waals surface area contributed by atoms with Crippen LogP contribution in [0.1, 0.15) is 34.4 Å². The number of ether oxygens (including phenoxy) is 1. The Labute approximate surface area is 134 Å². The van der Waals surface area contributed by atoms with E-state index in [1.807, 2.05) is 19.1 Å². The van der Waals surface area contributed by atoms with Crippen LogP contribution >= 0.6 is 0 Å². The molecule has 1 amide bonds. The number of furan rings is 1. The fourth-order valence-electron chi connectivity index (χ4n) is 2.04. The van der Waals surface area contributed by atoms with E-state index in [4.69, 9.17) is 14.3 Å². The van der Waals surface area contributed by atoms with Crippen LogP contribution in [0, 0.1) is 13.8 Å². The number of amides is 1. The highest BCUT2D eigenvalue weighted by molar-refractivity contribution is 5.88. The standard InChI is InChI=1S/C17H19NO5/c1-10-4-6-13(7-5-10)23-12(3)16(19)18-9-14-8-15(17(20)21)11(2)22-14/h4-8,12H,9H2,1-3H3,(H,18,19)(H,20,21). The summed E-state index contributed by atoms with van der Waals surface area (Å²) in [5.41, 5.74) is 1.20. The van der Waals surface area contributed by atoms with Gasteiger partial charge in [0, 0.05) is 0 Å². The van der Waals surface area contributed by atoms with Crippen LogP contribution < -0.4 is 10.1 Å². The van der Waals surface area contributed by atoms with E-state index in [1.54, 1.807) is 26.0 Å². The van der Waals surface area contributed by atoms with Crippen LogP contribution in [-0.2, 0) is 11.3 Å². The molecule has 0 aliphatic carbocycles. The van der Waals surface area contributed by atoms with Crippen LogP contribution in [0.2, 0.25) is 0 Å². The second-order valence-corrected chi connectivity index (χ2v) is 5.28. The SMILES string of the molecule is Cc1ccc(OC(C)C(=O)NCc2cc(C(=O)O)c(C)o2)cc1. The largest absolute Gasteiger partial charge is 0.481 e. The topological polar surface area (TPSA) is 88.8 Å². The summed E-state index contributed by atoms with van der Waals surface area (Å²) in [6.07, 6.45) is -0.673. The smallest absolute Gasteiger partial charge is 0.339 e. The number of hydrogen-bond donors (Lipinski definition) is 2. The number of aromatic carboxylic acids is 1. The van der Waals surface area contributed by atoms with Crippen molar-refractivity contribution >= 4 is 11.9 Å². The molecule has 0 aliphatic heterocycles. The number of nitrogens with one attached hydrogen (secondary N) is 1. The molecule has 0 saturated heterocycles. The molecular weight excluding hydrogens is 298 g/mol. The van der Waals surface area contributed by atoms with Gasteiger partial charge in [0.1, 0.15) is 22.8 Å². The van der Waals surface area contributed by atoms with Crippen molar-refractivity contribution in [3.8, 4) is 5.75 Å². The Morgan fingerprint density at radius 3 is 2.48 bits per heavy atom. The average molecular weight is 317 g/mol. The van der Waals surface area contributed by atoms with Crippen LogP contribution in [0.25, 0.3) is 0 Å². The van der Waals surface area contributed by atoms with Crippen molar-refractivity contribution in [2.45, 2.75) is 33.4 Å². The van der Waals surface area contributed by atoms with Crippen LogP contribution in [0.3, 0.4) is 0 Å². The minimum absolute atomic E-state index is 0.0956. The highest BCUT2D eigenvalue weighted by Crippen LogP contribution is 2.15. The lowest BCUT2D eigenvalue weighted by Crippen LogP contribution is -2.35. The first-order valence-electron chi connectivity index (χ1n) is 7.20. The number of carboxylic acid groups (broad SMARTS) is 1. The third-order valence-electron chi connectivity index (χ3n) is 3.34. The Morgan fingerprint density at radius 1 is 1.26 bits per heavy atom. The Hall–Kier alpha value is -2.76. The number of carbonyl (C=O) groups excluding carboxylic acids is 1. The van der Waals surface area contributed by atoms with Gasteiger partial charge < -0.3 is 19.6 Å². The maximum absolute atomic E-state index is 12.0. The third kappa shape index (κ3) is 4.35. The summed E-state index contributed by atoms with van der Waals surface area (Å²) < 4.78 is 10.9. The molecule has 2 aromatic rings. The Kier molecular flexibility index (Phi) is 5.05. The van der Waals surface area contributed by atoms with E-state index in [0.29, 0.717) is 17.3 Å². The van der Waals surface area contributed by atoms with E-state index >= 15 is 0 Å². The highest BCUT2D eigenvalue weighted by atomic mass is 16.5. The summed E-state index contributed by atoms with van der Waals surface area (Å²) >= 11 is 0. The molecule has 6 heteroatoms. The molecule has 0 fully saturated rings. The zero-order valence-electron chi connectivity index (χ0n) is 13.3. The van der Waals surface area contributed by atoms with Crippen molar-refractivity contribution in [1.29, 1.82) is 0 Å². The summed E-state index contributed by atoms with van der Waals surface area (Å²) in [4.78, 5) is 23.0.